The van der Waals surface area contributed by atoms with Crippen LogP contribution >= 0.6 is 0 Å². The van der Waals surface area contributed by atoms with Gasteiger partial charge in [-0.05, 0) is 72.7 Å². The largest absolute Gasteiger partial charge is 0.417 e. The first kappa shape index (κ1) is 21.8. The number of nitrogens with zero attached hydrogens (tertiary/aromatic N) is 4. The third-order valence-corrected chi connectivity index (χ3v) is 10.9. The van der Waals surface area contributed by atoms with Crippen LogP contribution in [0.1, 0.15) is 26.5 Å². The molecule has 0 spiro atoms. The minimum absolute atomic E-state index is 0.0631. The van der Waals surface area contributed by atoms with Gasteiger partial charge in [0.15, 0.2) is 17.0 Å². The number of amides is 2. The van der Waals surface area contributed by atoms with Crippen molar-refractivity contribution in [2.75, 3.05) is 20.6 Å². The number of hydrogen-bond acceptors (Lipinski definition) is 7. The van der Waals surface area contributed by atoms with Crippen LogP contribution < -0.4 is 16.4 Å². The number of nitrogens with one attached hydrogen (secondary N) is 3. The van der Waals surface area contributed by atoms with E-state index in [1.54, 1.807) is 18.2 Å². The highest BCUT2D eigenvalue weighted by molar-refractivity contribution is 5.98. The van der Waals surface area contributed by atoms with E-state index < -0.39 is 23.4 Å². The Kier molecular flexibility index (Phi) is 3.67. The monoisotopic (exact) mass is 529 g/mol. The molecule has 0 radical (unpaired) electrons. The smallest absolute Gasteiger partial charge is 0.408 e. The van der Waals surface area contributed by atoms with Crippen LogP contribution in [0.25, 0.3) is 16.7 Å². The first-order valence-corrected chi connectivity index (χ1v) is 13.2. The molecule has 3 N–H and O–H groups in total. The Balaban J connectivity index is 0.937. The molecule has 6 saturated carbocycles. The van der Waals surface area contributed by atoms with Crippen LogP contribution in [0.4, 0.5) is 4.39 Å². The van der Waals surface area contributed by atoms with Gasteiger partial charge in [0.2, 0.25) is 0 Å². The fourth-order valence-corrected chi connectivity index (χ4v) is 9.86. The quantitative estimate of drug-likeness (QED) is 0.325. The summed E-state index contributed by atoms with van der Waals surface area (Å²) in [5, 5.41) is 9.82. The average Bonchev–Trinajstić information content (AvgIpc) is 3.50. The number of benzene rings is 1. The Bertz CT molecular complexity index is 1800. The molecule has 12 heteroatoms. The molecule has 6 fully saturated rings. The van der Waals surface area contributed by atoms with Gasteiger partial charge in [0.05, 0.1) is 11.7 Å². The molecule has 4 aromatic rings. The Hall–Kier alpha value is -4.06. The van der Waals surface area contributed by atoms with Crippen LogP contribution in [-0.2, 0) is 6.54 Å². The predicted molar refractivity (Wildman–Crippen MR) is 133 cm³/mol. The van der Waals surface area contributed by atoms with Crippen LogP contribution in [0.15, 0.2) is 39.7 Å². The van der Waals surface area contributed by atoms with Crippen LogP contribution in [0, 0.1) is 46.7 Å². The molecule has 0 saturated heterocycles. The first-order chi connectivity index (χ1) is 18.8. The standard InChI is InChI=1S/C27H24FN7O4/c1-34(2)27-19-16-20(27)18-21(27)17(19)26(16,18)9-30-24(37)14-6-13(32-22-11(28)8-31-35(14)22)23(36)29-7-10-3-4-15-12(5-10)33-25(38)39-15/h3-6,8,16-21H,7,9H2,1-2H3,(H,29,36)(H,30,37)(H,33,38). The van der Waals surface area contributed by atoms with E-state index in [9.17, 15) is 18.8 Å². The van der Waals surface area contributed by atoms with Crippen LogP contribution in [0.3, 0.4) is 0 Å². The summed E-state index contributed by atoms with van der Waals surface area (Å²) in [6.07, 6.45) is 0.987. The third-order valence-electron chi connectivity index (χ3n) is 10.9. The maximum absolute atomic E-state index is 14.5. The van der Waals surface area contributed by atoms with Crippen LogP contribution in [0.2, 0.25) is 0 Å². The fraction of sp³-hybridized carbons (Fsp3) is 0.444. The molecular formula is C27H24FN7O4. The number of oxazole rings is 1. The summed E-state index contributed by atoms with van der Waals surface area (Å²) in [7, 11) is 4.39. The number of aromatic nitrogens is 4. The fourth-order valence-electron chi connectivity index (χ4n) is 9.86. The number of carbonyl (C=O) groups excluding carboxylic acids is 2. The highest BCUT2D eigenvalue weighted by Crippen LogP contribution is 3.07. The Morgan fingerprint density at radius 2 is 1.85 bits per heavy atom. The molecule has 10 rings (SSSR count). The van der Waals surface area contributed by atoms with Crippen molar-refractivity contribution < 1.29 is 18.4 Å². The SMILES string of the molecule is CN(C)C12C3C4C1C1C2C3C41CNC(=O)c1cc(C(=O)NCc2ccc3oc(=O)[nH]c3c2)nc2c(F)cnn12. The zero-order chi connectivity index (χ0) is 26.6. The van der Waals surface area contributed by atoms with Crippen molar-refractivity contribution in [1.29, 1.82) is 0 Å². The summed E-state index contributed by atoms with van der Waals surface area (Å²) in [5.74, 6) is 2.22. The van der Waals surface area contributed by atoms with E-state index in [1.165, 1.54) is 6.07 Å². The van der Waals surface area contributed by atoms with E-state index in [4.69, 9.17) is 4.42 Å². The van der Waals surface area contributed by atoms with Gasteiger partial charge < -0.3 is 20.0 Å². The summed E-state index contributed by atoms with van der Waals surface area (Å²) in [6, 6.07) is 6.39. The van der Waals surface area contributed by atoms with Gasteiger partial charge in [-0.1, -0.05) is 6.07 Å². The minimum atomic E-state index is -0.719. The number of hydrogen-bond donors (Lipinski definition) is 3. The van der Waals surface area contributed by atoms with Crippen LogP contribution in [0.5, 0.6) is 0 Å². The predicted octanol–water partition coefficient (Wildman–Crippen LogP) is 1.01. The molecule has 3 aromatic heterocycles. The van der Waals surface area contributed by atoms with Crippen molar-refractivity contribution in [3.8, 4) is 0 Å². The molecular weight excluding hydrogens is 505 g/mol. The summed E-state index contributed by atoms with van der Waals surface area (Å²) in [5.41, 5.74) is 2.11. The number of fused-ring (bicyclic) bond motifs is 2. The molecule has 39 heavy (non-hydrogen) atoms. The van der Waals surface area contributed by atoms with Gasteiger partial charge in [-0.2, -0.15) is 5.10 Å². The lowest BCUT2D eigenvalue weighted by Gasteiger charge is -3.12. The number of aromatic amines is 1. The molecule has 0 unspecified atom stereocenters. The van der Waals surface area contributed by atoms with Crippen molar-refractivity contribution in [3.63, 3.8) is 0 Å². The maximum Gasteiger partial charge on any atom is 0.417 e. The first-order valence-electron chi connectivity index (χ1n) is 13.2. The van der Waals surface area contributed by atoms with E-state index in [1.807, 2.05) is 0 Å². The second-order valence-electron chi connectivity index (χ2n) is 12.0. The molecule has 198 valence electrons. The van der Waals surface area contributed by atoms with Gasteiger partial charge in [-0.25, -0.2) is 18.7 Å². The number of H-pyrrole nitrogens is 1. The molecule has 0 aliphatic heterocycles. The molecule has 0 atom stereocenters. The van der Waals surface area contributed by atoms with Crippen molar-refractivity contribution >= 4 is 28.6 Å². The molecule has 11 nitrogen and oxygen atoms in total. The van der Waals surface area contributed by atoms with Gasteiger partial charge >= 0.3 is 5.76 Å². The topological polar surface area (TPSA) is 138 Å². The average molecular weight is 530 g/mol. The Morgan fingerprint density at radius 3 is 2.56 bits per heavy atom. The molecule has 6 aliphatic rings. The second kappa shape index (κ2) is 6.56. The van der Waals surface area contributed by atoms with Crippen LogP contribution in [-0.4, -0.2) is 62.5 Å². The van der Waals surface area contributed by atoms with Gasteiger partial charge in [-0.3, -0.25) is 14.6 Å². The Morgan fingerprint density at radius 1 is 1.10 bits per heavy atom. The van der Waals surface area contributed by atoms with Gasteiger partial charge in [-0.15, -0.1) is 0 Å². The highest BCUT2D eigenvalue weighted by Gasteiger charge is 3.09. The molecule has 1 aromatic carbocycles. The summed E-state index contributed by atoms with van der Waals surface area (Å²) in [4.78, 5) is 46.9. The lowest BCUT2D eigenvalue weighted by molar-refractivity contribution is -0.639. The van der Waals surface area contributed by atoms with Crippen molar-refractivity contribution in [3.05, 3.63) is 63.8 Å². The van der Waals surface area contributed by atoms with Crippen molar-refractivity contribution in [1.82, 2.24) is 35.1 Å². The summed E-state index contributed by atoms with van der Waals surface area (Å²) >= 11 is 0. The van der Waals surface area contributed by atoms with E-state index >= 15 is 0 Å². The van der Waals surface area contributed by atoms with Gasteiger partial charge in [0.25, 0.3) is 11.8 Å². The number of halogens is 1. The maximum atomic E-state index is 14.5. The van der Waals surface area contributed by atoms with Crippen molar-refractivity contribution in [2.45, 2.75) is 12.1 Å². The third kappa shape index (κ3) is 2.15. The lowest BCUT2D eigenvalue weighted by Crippen LogP contribution is -3.15. The summed E-state index contributed by atoms with van der Waals surface area (Å²) in [6.45, 7) is 0.731. The highest BCUT2D eigenvalue weighted by atomic mass is 19.1. The Labute approximate surface area is 219 Å². The summed E-state index contributed by atoms with van der Waals surface area (Å²) < 4.78 is 20.6. The molecule has 6 aliphatic carbocycles. The molecule has 2 amide bonds. The second-order valence-corrected chi connectivity index (χ2v) is 12.0. The number of rotatable bonds is 7. The van der Waals surface area contributed by atoms with E-state index in [2.05, 4.69) is 44.7 Å². The zero-order valence-corrected chi connectivity index (χ0v) is 21.1. The van der Waals surface area contributed by atoms with E-state index in [0.717, 1.165) is 28.5 Å². The molecule has 0 bridgehead atoms. The van der Waals surface area contributed by atoms with Gasteiger partial charge in [0, 0.05) is 24.7 Å². The van der Waals surface area contributed by atoms with E-state index in [-0.39, 0.29) is 29.0 Å². The molecule has 3 heterocycles. The van der Waals surface area contributed by atoms with Crippen molar-refractivity contribution in [2.24, 2.45) is 40.9 Å². The normalized spacial score (nSPS) is 35.5. The zero-order valence-electron chi connectivity index (χ0n) is 21.1. The van der Waals surface area contributed by atoms with Gasteiger partial charge in [0.1, 0.15) is 11.4 Å². The lowest BCUT2D eigenvalue weighted by atomic mass is 8.94. The minimum Gasteiger partial charge on any atom is -0.408 e. The van der Waals surface area contributed by atoms with E-state index in [0.29, 0.717) is 46.5 Å². The number of carbonyl (C=O) groups is 2.